The molecule has 0 atom stereocenters. The summed E-state index contributed by atoms with van der Waals surface area (Å²) in [6, 6.07) is 10.0. The van der Waals surface area contributed by atoms with Crippen LogP contribution in [-0.4, -0.2) is 16.9 Å². The number of hydrogen-bond acceptors (Lipinski definition) is 3. The van der Waals surface area contributed by atoms with Gasteiger partial charge in [0.25, 0.3) is 5.91 Å². The fourth-order valence-electron chi connectivity index (χ4n) is 2.31. The topological polar surface area (TPSA) is 78.4 Å². The quantitative estimate of drug-likeness (QED) is 0.740. The highest BCUT2D eigenvalue weighted by Gasteiger charge is 2.19. The minimum absolute atomic E-state index is 0.0586. The van der Waals surface area contributed by atoms with Gasteiger partial charge in [0.05, 0.1) is 6.42 Å². The number of phenols is 1. The zero-order chi connectivity index (χ0) is 15.0. The highest BCUT2D eigenvalue weighted by atomic mass is 16.3. The second-order valence-electron chi connectivity index (χ2n) is 5.05. The van der Waals surface area contributed by atoms with Crippen molar-refractivity contribution in [3.63, 3.8) is 0 Å². The monoisotopic (exact) mass is 282 g/mol. The van der Waals surface area contributed by atoms with Crippen molar-refractivity contribution in [1.29, 1.82) is 0 Å². The van der Waals surface area contributed by atoms with Crippen LogP contribution in [0.4, 0.5) is 11.4 Å². The summed E-state index contributed by atoms with van der Waals surface area (Å²) < 4.78 is 0. The summed E-state index contributed by atoms with van der Waals surface area (Å²) in [6.45, 7) is 1.76. The van der Waals surface area contributed by atoms with Gasteiger partial charge in [-0.15, -0.1) is 0 Å². The van der Waals surface area contributed by atoms with Crippen molar-refractivity contribution in [3.8, 4) is 5.75 Å². The largest absolute Gasteiger partial charge is 0.508 e. The molecule has 0 fully saturated rings. The molecule has 2 amide bonds. The van der Waals surface area contributed by atoms with Crippen LogP contribution in [0.1, 0.15) is 21.5 Å². The van der Waals surface area contributed by atoms with Crippen LogP contribution in [0, 0.1) is 6.92 Å². The molecular formula is C16H14N2O3. The van der Waals surface area contributed by atoms with E-state index in [0.717, 1.165) is 11.3 Å². The van der Waals surface area contributed by atoms with Gasteiger partial charge in [0, 0.05) is 16.9 Å². The van der Waals surface area contributed by atoms with Gasteiger partial charge in [-0.25, -0.2) is 0 Å². The molecular weight excluding hydrogens is 268 g/mol. The molecule has 2 aromatic carbocycles. The summed E-state index contributed by atoms with van der Waals surface area (Å²) in [6.07, 6.45) is 0.300. The predicted molar refractivity (Wildman–Crippen MR) is 79.6 cm³/mol. The third-order valence-corrected chi connectivity index (χ3v) is 3.45. The van der Waals surface area contributed by atoms with Crippen molar-refractivity contribution < 1.29 is 14.7 Å². The lowest BCUT2D eigenvalue weighted by molar-refractivity contribution is -0.115. The lowest BCUT2D eigenvalue weighted by atomic mass is 10.1. The van der Waals surface area contributed by atoms with Crippen LogP contribution in [0.5, 0.6) is 5.75 Å². The van der Waals surface area contributed by atoms with Gasteiger partial charge < -0.3 is 15.7 Å². The van der Waals surface area contributed by atoms with Crippen LogP contribution in [-0.2, 0) is 11.2 Å². The van der Waals surface area contributed by atoms with Crippen LogP contribution >= 0.6 is 0 Å². The van der Waals surface area contributed by atoms with E-state index in [4.69, 9.17) is 0 Å². The van der Waals surface area contributed by atoms with Gasteiger partial charge in [-0.1, -0.05) is 0 Å². The molecule has 5 heteroatoms. The van der Waals surface area contributed by atoms with Gasteiger partial charge in [0.1, 0.15) is 5.75 Å². The maximum absolute atomic E-state index is 12.2. The molecule has 1 aliphatic heterocycles. The van der Waals surface area contributed by atoms with Gasteiger partial charge >= 0.3 is 0 Å². The third kappa shape index (κ3) is 2.58. The third-order valence-electron chi connectivity index (χ3n) is 3.45. The Bertz CT molecular complexity index is 753. The first-order valence-electron chi connectivity index (χ1n) is 6.57. The summed E-state index contributed by atoms with van der Waals surface area (Å²) in [5, 5.41) is 15.0. The maximum Gasteiger partial charge on any atom is 0.255 e. The lowest BCUT2D eigenvalue weighted by Crippen LogP contribution is -2.12. The molecule has 0 unspecified atom stereocenters. The van der Waals surface area contributed by atoms with Crippen molar-refractivity contribution in [3.05, 3.63) is 53.1 Å². The number of nitrogens with one attached hydrogen (secondary N) is 2. The molecule has 0 saturated heterocycles. The van der Waals surface area contributed by atoms with Crippen LogP contribution in [0.15, 0.2) is 36.4 Å². The number of carbonyl (C=O) groups excluding carboxylic acids is 2. The lowest BCUT2D eigenvalue weighted by Gasteiger charge is -2.08. The number of aryl methyl sites for hydroxylation is 1. The van der Waals surface area contributed by atoms with Gasteiger partial charge in [0.2, 0.25) is 5.91 Å². The van der Waals surface area contributed by atoms with E-state index in [9.17, 15) is 14.7 Å². The minimum atomic E-state index is -0.248. The smallest absolute Gasteiger partial charge is 0.255 e. The van der Waals surface area contributed by atoms with Crippen LogP contribution in [0.2, 0.25) is 0 Å². The number of phenolic OH excluding ortho intramolecular Hbond substituents is 1. The molecule has 0 spiro atoms. The first-order chi connectivity index (χ1) is 10.0. The van der Waals surface area contributed by atoms with Gasteiger partial charge in [-0.05, 0) is 54.4 Å². The van der Waals surface area contributed by atoms with Gasteiger partial charge in [0.15, 0.2) is 0 Å². The summed E-state index contributed by atoms with van der Waals surface area (Å²) in [7, 11) is 0. The number of rotatable bonds is 2. The summed E-state index contributed by atoms with van der Waals surface area (Å²) >= 11 is 0. The van der Waals surface area contributed by atoms with Crippen molar-refractivity contribution in [2.75, 3.05) is 10.6 Å². The van der Waals surface area contributed by atoms with Gasteiger partial charge in [-0.3, -0.25) is 9.59 Å². The summed E-state index contributed by atoms with van der Waals surface area (Å²) in [4.78, 5) is 23.5. The number of amides is 2. The van der Waals surface area contributed by atoms with Crippen molar-refractivity contribution in [1.82, 2.24) is 0 Å². The molecule has 1 aliphatic rings. The van der Waals surface area contributed by atoms with Crippen LogP contribution in [0.3, 0.4) is 0 Å². The fourth-order valence-corrected chi connectivity index (χ4v) is 2.31. The Kier molecular flexibility index (Phi) is 3.10. The average molecular weight is 282 g/mol. The first kappa shape index (κ1) is 13.2. The van der Waals surface area contributed by atoms with E-state index in [1.165, 1.54) is 6.07 Å². The molecule has 2 aromatic rings. The average Bonchev–Trinajstić information content (AvgIpc) is 2.82. The molecule has 0 aromatic heterocycles. The molecule has 0 saturated carbocycles. The molecule has 3 N–H and O–H groups in total. The number of anilines is 2. The normalized spacial score (nSPS) is 12.7. The molecule has 0 radical (unpaired) electrons. The molecule has 5 nitrogen and oxygen atoms in total. The van der Waals surface area contributed by atoms with Crippen LogP contribution < -0.4 is 10.6 Å². The molecule has 106 valence electrons. The van der Waals surface area contributed by atoms with Crippen molar-refractivity contribution >= 4 is 23.2 Å². The SMILES string of the molecule is Cc1cc(NC(=O)c2ccc3c(c2)CC(=O)N3)ccc1O. The van der Waals surface area contributed by atoms with E-state index >= 15 is 0 Å². The van der Waals surface area contributed by atoms with Crippen LogP contribution in [0.25, 0.3) is 0 Å². The fraction of sp³-hybridized carbons (Fsp3) is 0.125. The van der Waals surface area contributed by atoms with E-state index in [1.807, 2.05) is 0 Å². The van der Waals surface area contributed by atoms with E-state index in [-0.39, 0.29) is 17.6 Å². The van der Waals surface area contributed by atoms with E-state index in [0.29, 0.717) is 23.2 Å². The molecule has 21 heavy (non-hydrogen) atoms. The Morgan fingerprint density at radius 1 is 1.24 bits per heavy atom. The molecule has 1 heterocycles. The Hall–Kier alpha value is -2.82. The number of fused-ring (bicyclic) bond motifs is 1. The highest BCUT2D eigenvalue weighted by molar-refractivity contribution is 6.06. The summed E-state index contributed by atoms with van der Waals surface area (Å²) in [5.41, 5.74) is 3.39. The summed E-state index contributed by atoms with van der Waals surface area (Å²) in [5.74, 6) is -0.117. The van der Waals surface area contributed by atoms with Crippen molar-refractivity contribution in [2.45, 2.75) is 13.3 Å². The zero-order valence-electron chi connectivity index (χ0n) is 11.4. The Balaban J connectivity index is 1.81. The number of carbonyl (C=O) groups is 2. The maximum atomic E-state index is 12.2. The first-order valence-corrected chi connectivity index (χ1v) is 6.57. The van der Waals surface area contributed by atoms with E-state index < -0.39 is 0 Å². The molecule has 3 rings (SSSR count). The second kappa shape index (κ2) is 4.94. The van der Waals surface area contributed by atoms with Crippen molar-refractivity contribution in [2.24, 2.45) is 0 Å². The Labute approximate surface area is 121 Å². The van der Waals surface area contributed by atoms with E-state index in [1.54, 1.807) is 37.3 Å². The van der Waals surface area contributed by atoms with Gasteiger partial charge in [-0.2, -0.15) is 0 Å². The van der Waals surface area contributed by atoms with E-state index in [2.05, 4.69) is 10.6 Å². The standard InChI is InChI=1S/C16H14N2O3/c1-9-6-12(3-5-14(9)19)17-16(21)10-2-4-13-11(7-10)8-15(20)18-13/h2-7,19H,8H2,1H3,(H,17,21)(H,18,20). The number of benzene rings is 2. The second-order valence-corrected chi connectivity index (χ2v) is 5.05. The Morgan fingerprint density at radius 2 is 2.05 bits per heavy atom. The minimum Gasteiger partial charge on any atom is -0.508 e. The number of hydrogen-bond donors (Lipinski definition) is 3. The zero-order valence-corrected chi connectivity index (χ0v) is 11.4. The molecule has 0 bridgehead atoms. The highest BCUT2D eigenvalue weighted by Crippen LogP contribution is 2.25. The predicted octanol–water partition coefficient (Wildman–Crippen LogP) is 2.45. The Morgan fingerprint density at radius 3 is 2.81 bits per heavy atom. The molecule has 0 aliphatic carbocycles. The number of aromatic hydroxyl groups is 1.